The van der Waals surface area contributed by atoms with E-state index in [1.165, 1.54) is 16.7 Å². The SMILES string of the molecule is CNC(Cc1ccc(C(C)(C)C)cc1)c1cccc(Br)c1. The number of benzene rings is 2. The van der Waals surface area contributed by atoms with Crippen molar-refractivity contribution in [1.29, 1.82) is 0 Å². The molecule has 2 aromatic rings. The van der Waals surface area contributed by atoms with Gasteiger partial charge in [0.2, 0.25) is 0 Å². The van der Waals surface area contributed by atoms with Crippen LogP contribution in [0, 0.1) is 0 Å². The molecule has 0 saturated heterocycles. The zero-order valence-electron chi connectivity index (χ0n) is 13.3. The molecule has 2 aromatic carbocycles. The Morgan fingerprint density at radius 2 is 1.71 bits per heavy atom. The van der Waals surface area contributed by atoms with E-state index in [1.807, 2.05) is 7.05 Å². The lowest BCUT2D eigenvalue weighted by Crippen LogP contribution is -2.19. The lowest BCUT2D eigenvalue weighted by molar-refractivity contribution is 0.583. The highest BCUT2D eigenvalue weighted by atomic mass is 79.9. The fourth-order valence-electron chi connectivity index (χ4n) is 2.49. The third-order valence-corrected chi connectivity index (χ3v) is 4.35. The lowest BCUT2D eigenvalue weighted by atomic mass is 9.86. The number of nitrogens with one attached hydrogen (secondary N) is 1. The summed E-state index contributed by atoms with van der Waals surface area (Å²) in [4.78, 5) is 0. The van der Waals surface area contributed by atoms with Gasteiger partial charge in [-0.3, -0.25) is 0 Å². The first-order valence-electron chi connectivity index (χ1n) is 7.42. The molecule has 1 unspecified atom stereocenters. The standard InChI is InChI=1S/C19H24BrN/c1-19(2,3)16-10-8-14(9-11-16)12-18(21-4)15-6-5-7-17(20)13-15/h5-11,13,18,21H,12H2,1-4H3. The van der Waals surface area contributed by atoms with Crippen LogP contribution in [0.25, 0.3) is 0 Å². The van der Waals surface area contributed by atoms with Crippen LogP contribution >= 0.6 is 15.9 Å². The minimum atomic E-state index is 0.214. The van der Waals surface area contributed by atoms with Gasteiger partial charge in [0, 0.05) is 10.5 Å². The third-order valence-electron chi connectivity index (χ3n) is 3.86. The van der Waals surface area contributed by atoms with Crippen molar-refractivity contribution in [2.24, 2.45) is 0 Å². The van der Waals surface area contributed by atoms with Crippen LogP contribution in [0.5, 0.6) is 0 Å². The van der Waals surface area contributed by atoms with Crippen molar-refractivity contribution in [3.05, 3.63) is 69.7 Å². The van der Waals surface area contributed by atoms with Gasteiger partial charge in [-0.25, -0.2) is 0 Å². The number of hydrogen-bond acceptors (Lipinski definition) is 1. The van der Waals surface area contributed by atoms with Gasteiger partial charge in [-0.1, -0.05) is 73.1 Å². The monoisotopic (exact) mass is 345 g/mol. The van der Waals surface area contributed by atoms with E-state index in [0.29, 0.717) is 6.04 Å². The highest BCUT2D eigenvalue weighted by molar-refractivity contribution is 9.10. The molecule has 21 heavy (non-hydrogen) atoms. The summed E-state index contributed by atoms with van der Waals surface area (Å²) in [6.45, 7) is 6.75. The molecule has 0 radical (unpaired) electrons. The molecule has 0 aliphatic rings. The molecule has 0 aliphatic carbocycles. The molecule has 2 heteroatoms. The zero-order chi connectivity index (χ0) is 15.5. The fraction of sp³-hybridized carbons (Fsp3) is 0.368. The van der Waals surface area contributed by atoms with Crippen LogP contribution in [-0.4, -0.2) is 7.05 Å². The van der Waals surface area contributed by atoms with Crippen LogP contribution in [0.1, 0.15) is 43.5 Å². The van der Waals surface area contributed by atoms with Crippen LogP contribution in [0.3, 0.4) is 0 Å². The van der Waals surface area contributed by atoms with E-state index < -0.39 is 0 Å². The Labute approximate surface area is 136 Å². The van der Waals surface area contributed by atoms with Crippen molar-refractivity contribution < 1.29 is 0 Å². The van der Waals surface area contributed by atoms with E-state index in [0.717, 1.165) is 10.9 Å². The van der Waals surface area contributed by atoms with Crippen molar-refractivity contribution >= 4 is 15.9 Å². The van der Waals surface area contributed by atoms with Crippen LogP contribution in [0.4, 0.5) is 0 Å². The minimum absolute atomic E-state index is 0.214. The smallest absolute Gasteiger partial charge is 0.0358 e. The third kappa shape index (κ3) is 4.42. The molecule has 112 valence electrons. The summed E-state index contributed by atoms with van der Waals surface area (Å²) >= 11 is 3.55. The van der Waals surface area contributed by atoms with Crippen LogP contribution in [-0.2, 0) is 11.8 Å². The van der Waals surface area contributed by atoms with Crippen molar-refractivity contribution in [2.75, 3.05) is 7.05 Å². The Morgan fingerprint density at radius 3 is 2.24 bits per heavy atom. The van der Waals surface area contributed by atoms with Gasteiger partial charge in [-0.05, 0) is 47.7 Å². The largest absolute Gasteiger partial charge is 0.313 e. The molecular weight excluding hydrogens is 322 g/mol. The first-order valence-corrected chi connectivity index (χ1v) is 8.21. The van der Waals surface area contributed by atoms with Crippen LogP contribution in [0.2, 0.25) is 0 Å². The topological polar surface area (TPSA) is 12.0 Å². The van der Waals surface area contributed by atoms with Gasteiger partial charge >= 0.3 is 0 Å². The molecule has 1 nitrogen and oxygen atoms in total. The number of likely N-dealkylation sites (N-methyl/N-ethyl adjacent to an activating group) is 1. The van der Waals surface area contributed by atoms with E-state index in [2.05, 4.69) is 90.5 Å². The predicted molar refractivity (Wildman–Crippen MR) is 94.8 cm³/mol. The summed E-state index contributed by atoms with van der Waals surface area (Å²) in [6, 6.07) is 17.9. The molecule has 0 heterocycles. The zero-order valence-corrected chi connectivity index (χ0v) is 14.9. The Hall–Kier alpha value is -1.12. The Kier molecular flexibility index (Phi) is 5.23. The molecule has 0 spiro atoms. The van der Waals surface area contributed by atoms with Crippen molar-refractivity contribution in [1.82, 2.24) is 5.32 Å². The van der Waals surface area contributed by atoms with Gasteiger partial charge in [0.25, 0.3) is 0 Å². The summed E-state index contributed by atoms with van der Waals surface area (Å²) in [7, 11) is 2.02. The van der Waals surface area contributed by atoms with Crippen LogP contribution < -0.4 is 5.32 Å². The maximum absolute atomic E-state index is 3.55. The van der Waals surface area contributed by atoms with Gasteiger partial charge in [-0.2, -0.15) is 0 Å². The summed E-state index contributed by atoms with van der Waals surface area (Å²) in [5.74, 6) is 0. The van der Waals surface area contributed by atoms with Crippen molar-refractivity contribution in [2.45, 2.75) is 38.6 Å². The van der Waals surface area contributed by atoms with Gasteiger partial charge in [0.1, 0.15) is 0 Å². The average molecular weight is 346 g/mol. The molecule has 2 rings (SSSR count). The van der Waals surface area contributed by atoms with E-state index in [4.69, 9.17) is 0 Å². The molecular formula is C19H24BrN. The first-order chi connectivity index (χ1) is 9.90. The maximum atomic E-state index is 3.55. The highest BCUT2D eigenvalue weighted by Crippen LogP contribution is 2.25. The summed E-state index contributed by atoms with van der Waals surface area (Å²) in [5, 5.41) is 3.42. The summed E-state index contributed by atoms with van der Waals surface area (Å²) < 4.78 is 1.13. The van der Waals surface area contributed by atoms with Crippen molar-refractivity contribution in [3.8, 4) is 0 Å². The molecule has 0 aromatic heterocycles. The Morgan fingerprint density at radius 1 is 1.05 bits per heavy atom. The highest BCUT2D eigenvalue weighted by Gasteiger charge is 2.14. The van der Waals surface area contributed by atoms with E-state index in [9.17, 15) is 0 Å². The molecule has 0 amide bonds. The molecule has 0 bridgehead atoms. The van der Waals surface area contributed by atoms with Gasteiger partial charge in [-0.15, -0.1) is 0 Å². The minimum Gasteiger partial charge on any atom is -0.313 e. The van der Waals surface area contributed by atoms with E-state index in [-0.39, 0.29) is 5.41 Å². The molecule has 1 N–H and O–H groups in total. The van der Waals surface area contributed by atoms with Crippen molar-refractivity contribution in [3.63, 3.8) is 0 Å². The van der Waals surface area contributed by atoms with Gasteiger partial charge in [0.15, 0.2) is 0 Å². The number of rotatable bonds is 4. The Bertz CT molecular complexity index is 581. The fourth-order valence-corrected chi connectivity index (χ4v) is 2.90. The number of hydrogen-bond donors (Lipinski definition) is 1. The maximum Gasteiger partial charge on any atom is 0.0358 e. The normalized spacial score (nSPS) is 13.2. The quantitative estimate of drug-likeness (QED) is 0.797. The Balaban J connectivity index is 2.15. The molecule has 1 atom stereocenters. The molecule has 0 saturated carbocycles. The average Bonchev–Trinajstić information content (AvgIpc) is 2.44. The molecule has 0 fully saturated rings. The second-order valence-electron chi connectivity index (χ2n) is 6.55. The summed E-state index contributed by atoms with van der Waals surface area (Å²) in [6.07, 6.45) is 0.997. The predicted octanol–water partition coefficient (Wildman–Crippen LogP) is 5.25. The van der Waals surface area contributed by atoms with Crippen LogP contribution in [0.15, 0.2) is 53.0 Å². The first kappa shape index (κ1) is 16.3. The van der Waals surface area contributed by atoms with Gasteiger partial charge in [0.05, 0.1) is 0 Å². The lowest BCUT2D eigenvalue weighted by Gasteiger charge is -2.21. The second-order valence-corrected chi connectivity index (χ2v) is 7.46. The molecule has 0 aliphatic heterocycles. The number of halogens is 1. The van der Waals surface area contributed by atoms with Gasteiger partial charge < -0.3 is 5.32 Å². The summed E-state index contributed by atoms with van der Waals surface area (Å²) in [5.41, 5.74) is 4.27. The second kappa shape index (κ2) is 6.76. The van der Waals surface area contributed by atoms with E-state index in [1.54, 1.807) is 0 Å². The van der Waals surface area contributed by atoms with E-state index >= 15 is 0 Å².